The number of rotatable bonds is 9. The molecule has 0 saturated carbocycles. The number of anilines is 1. The second kappa shape index (κ2) is 9.80. The fourth-order valence-electron chi connectivity index (χ4n) is 4.30. The fraction of sp³-hybridized carbons (Fsp3) is 0.296. The number of hydrogen-bond donors (Lipinski definition) is 1. The molecule has 0 radical (unpaired) electrons. The molecule has 0 bridgehead atoms. The largest absolute Gasteiger partial charge is 0.340 e. The van der Waals surface area contributed by atoms with Crippen LogP contribution in [-0.2, 0) is 6.54 Å². The third kappa shape index (κ3) is 4.64. The third-order valence-electron chi connectivity index (χ3n) is 6.13. The first-order valence-electron chi connectivity index (χ1n) is 11.4. The Morgan fingerprint density at radius 3 is 2.45 bits per heavy atom. The van der Waals surface area contributed by atoms with Crippen LogP contribution in [-0.4, -0.2) is 10.8 Å². The Bertz CT molecular complexity index is 1160. The highest BCUT2D eigenvalue weighted by molar-refractivity contribution is 6.09. The molecule has 31 heavy (non-hydrogen) atoms. The fourth-order valence-corrected chi connectivity index (χ4v) is 4.30. The van der Waals surface area contributed by atoms with Crippen LogP contribution < -0.4 is 11.0 Å². The van der Waals surface area contributed by atoms with E-state index in [1.165, 1.54) is 52.6 Å². The third-order valence-corrected chi connectivity index (χ3v) is 6.13. The molecule has 0 fully saturated rings. The van der Waals surface area contributed by atoms with Crippen molar-refractivity contribution in [3.05, 3.63) is 78.4 Å². The van der Waals surface area contributed by atoms with Gasteiger partial charge in [0.15, 0.2) is 0 Å². The van der Waals surface area contributed by atoms with Gasteiger partial charge in [-0.3, -0.25) is 0 Å². The molecule has 0 aliphatic rings. The predicted octanol–water partition coefficient (Wildman–Crippen LogP) is 6.73. The molecule has 0 saturated heterocycles. The summed E-state index contributed by atoms with van der Waals surface area (Å²) in [4.78, 5) is 0. The van der Waals surface area contributed by atoms with Crippen LogP contribution in [0.3, 0.4) is 0 Å². The van der Waals surface area contributed by atoms with Gasteiger partial charge in [0.25, 0.3) is 0 Å². The lowest BCUT2D eigenvalue weighted by molar-refractivity contribution is 0.401. The van der Waals surface area contributed by atoms with E-state index >= 15 is 0 Å². The number of nitrogens with zero attached hydrogens (tertiary/aromatic N) is 3. The Balaban J connectivity index is 1.68. The van der Waals surface area contributed by atoms with E-state index < -0.39 is 0 Å². The molecule has 160 valence electrons. The van der Waals surface area contributed by atoms with Crippen molar-refractivity contribution in [1.82, 2.24) is 4.57 Å². The number of para-hydroxylation sites is 2. The standard InChI is InChI=1S/C27H32N4/c1-3-5-11-21(4-2)20-30-26-15-10-9-14-24(26)25-18-22(16-17-27(25)30)19-29-31(28)23-12-7-6-8-13-23/h6-10,12-19,21H,3-5,11,20,28H2,1-2H3/b29-19+. The summed E-state index contributed by atoms with van der Waals surface area (Å²) in [6, 6.07) is 25.1. The van der Waals surface area contributed by atoms with E-state index in [-0.39, 0.29) is 0 Å². The van der Waals surface area contributed by atoms with Crippen molar-refractivity contribution in [2.24, 2.45) is 16.9 Å². The predicted molar refractivity (Wildman–Crippen MR) is 133 cm³/mol. The minimum Gasteiger partial charge on any atom is -0.340 e. The van der Waals surface area contributed by atoms with Gasteiger partial charge in [-0.25, -0.2) is 5.84 Å². The van der Waals surface area contributed by atoms with Gasteiger partial charge in [-0.05, 0) is 48.2 Å². The topological polar surface area (TPSA) is 46.5 Å². The number of benzene rings is 3. The molecule has 4 rings (SSSR count). The summed E-state index contributed by atoms with van der Waals surface area (Å²) in [6.07, 6.45) is 6.89. The van der Waals surface area contributed by atoms with E-state index in [4.69, 9.17) is 5.84 Å². The number of hydrogen-bond acceptors (Lipinski definition) is 3. The molecule has 0 spiro atoms. The number of unbranched alkanes of at least 4 members (excludes halogenated alkanes) is 1. The zero-order chi connectivity index (χ0) is 21.6. The summed E-state index contributed by atoms with van der Waals surface area (Å²) in [6.45, 7) is 5.66. The van der Waals surface area contributed by atoms with Crippen molar-refractivity contribution >= 4 is 33.7 Å². The molecular formula is C27H32N4. The summed E-state index contributed by atoms with van der Waals surface area (Å²) in [5.41, 5.74) is 4.50. The van der Waals surface area contributed by atoms with E-state index in [0.717, 1.165) is 17.8 Å². The van der Waals surface area contributed by atoms with Crippen molar-refractivity contribution in [2.45, 2.75) is 46.1 Å². The van der Waals surface area contributed by atoms with Crippen LogP contribution in [0.5, 0.6) is 0 Å². The molecule has 2 N–H and O–H groups in total. The van der Waals surface area contributed by atoms with Gasteiger partial charge in [-0.2, -0.15) is 10.2 Å². The lowest BCUT2D eigenvalue weighted by Gasteiger charge is -2.17. The number of fused-ring (bicyclic) bond motifs is 3. The monoisotopic (exact) mass is 412 g/mol. The van der Waals surface area contributed by atoms with Crippen LogP contribution in [0.1, 0.15) is 45.1 Å². The van der Waals surface area contributed by atoms with Crippen LogP contribution in [0.25, 0.3) is 21.8 Å². The lowest BCUT2D eigenvalue weighted by Crippen LogP contribution is -2.24. The van der Waals surface area contributed by atoms with Gasteiger partial charge >= 0.3 is 0 Å². The van der Waals surface area contributed by atoms with Crippen molar-refractivity contribution in [1.29, 1.82) is 0 Å². The summed E-state index contributed by atoms with van der Waals surface area (Å²) in [5.74, 6) is 6.80. The highest BCUT2D eigenvalue weighted by Crippen LogP contribution is 2.31. The first-order chi connectivity index (χ1) is 15.2. The quantitative estimate of drug-likeness (QED) is 0.188. The normalized spacial score (nSPS) is 12.7. The van der Waals surface area contributed by atoms with Crippen molar-refractivity contribution in [3.63, 3.8) is 0 Å². The number of hydrazone groups is 1. The van der Waals surface area contributed by atoms with Crippen LogP contribution in [0.4, 0.5) is 5.69 Å². The Kier molecular flexibility index (Phi) is 6.68. The van der Waals surface area contributed by atoms with E-state index in [1.54, 1.807) is 0 Å². The maximum absolute atomic E-state index is 6.09. The van der Waals surface area contributed by atoms with Crippen LogP contribution in [0.15, 0.2) is 77.9 Å². The van der Waals surface area contributed by atoms with E-state index in [1.807, 2.05) is 36.5 Å². The summed E-state index contributed by atoms with van der Waals surface area (Å²) >= 11 is 0. The van der Waals surface area contributed by atoms with Crippen LogP contribution >= 0.6 is 0 Å². The van der Waals surface area contributed by atoms with Crippen molar-refractivity contribution < 1.29 is 0 Å². The summed E-state index contributed by atoms with van der Waals surface area (Å²) in [7, 11) is 0. The minimum absolute atomic E-state index is 0.705. The van der Waals surface area contributed by atoms with Gasteiger partial charge in [0.05, 0.1) is 11.9 Å². The highest BCUT2D eigenvalue weighted by Gasteiger charge is 2.14. The molecular weight excluding hydrogens is 380 g/mol. The SMILES string of the molecule is CCCCC(CC)Cn1c2ccccc2c2cc(/C=N/N(N)c3ccccc3)ccc21. The zero-order valence-electron chi connectivity index (χ0n) is 18.5. The average Bonchev–Trinajstić information content (AvgIpc) is 3.13. The molecule has 3 aromatic carbocycles. The molecule has 4 aromatic rings. The Morgan fingerprint density at radius 2 is 1.68 bits per heavy atom. The summed E-state index contributed by atoms with van der Waals surface area (Å²) < 4.78 is 2.51. The maximum Gasteiger partial charge on any atom is 0.0776 e. The first-order valence-corrected chi connectivity index (χ1v) is 11.4. The molecule has 4 nitrogen and oxygen atoms in total. The van der Waals surface area contributed by atoms with Gasteiger partial charge in [-0.15, -0.1) is 0 Å². The number of hydrazine groups is 1. The molecule has 4 heteroatoms. The van der Waals surface area contributed by atoms with Gasteiger partial charge < -0.3 is 4.57 Å². The van der Waals surface area contributed by atoms with E-state index in [9.17, 15) is 0 Å². The van der Waals surface area contributed by atoms with Gasteiger partial charge in [-0.1, -0.05) is 75.6 Å². The minimum atomic E-state index is 0.705. The molecule has 0 amide bonds. The van der Waals surface area contributed by atoms with Gasteiger partial charge in [0.1, 0.15) is 0 Å². The van der Waals surface area contributed by atoms with E-state index in [0.29, 0.717) is 5.92 Å². The first kappa shape index (κ1) is 21.1. The lowest BCUT2D eigenvalue weighted by atomic mass is 9.99. The molecule has 1 unspecified atom stereocenters. The summed E-state index contributed by atoms with van der Waals surface area (Å²) in [5, 5.41) is 8.41. The maximum atomic E-state index is 6.09. The van der Waals surface area contributed by atoms with E-state index in [2.05, 4.69) is 66.0 Å². The van der Waals surface area contributed by atoms with Crippen molar-refractivity contribution in [3.8, 4) is 0 Å². The second-order valence-electron chi connectivity index (χ2n) is 8.25. The van der Waals surface area contributed by atoms with Gasteiger partial charge in [0, 0.05) is 28.4 Å². The number of nitrogens with two attached hydrogens (primary N) is 1. The van der Waals surface area contributed by atoms with Gasteiger partial charge in [0.2, 0.25) is 0 Å². The molecule has 1 aromatic heterocycles. The molecule has 0 aliphatic heterocycles. The van der Waals surface area contributed by atoms with Crippen LogP contribution in [0.2, 0.25) is 0 Å². The Hall–Kier alpha value is -3.11. The molecule has 1 atom stereocenters. The smallest absolute Gasteiger partial charge is 0.0776 e. The zero-order valence-corrected chi connectivity index (χ0v) is 18.5. The average molecular weight is 413 g/mol. The number of aromatic nitrogens is 1. The second-order valence-corrected chi connectivity index (χ2v) is 8.25. The highest BCUT2D eigenvalue weighted by atomic mass is 15.6. The van der Waals surface area contributed by atoms with Crippen LogP contribution in [0, 0.1) is 5.92 Å². The molecule has 0 aliphatic carbocycles. The molecule has 1 heterocycles. The Morgan fingerprint density at radius 1 is 0.935 bits per heavy atom. The Labute approximate surface area is 184 Å². The van der Waals surface area contributed by atoms with Crippen molar-refractivity contribution in [2.75, 3.05) is 5.12 Å².